The quantitative estimate of drug-likeness (QED) is 0.535. The van der Waals surface area contributed by atoms with Gasteiger partial charge in [0.1, 0.15) is 5.52 Å². The van der Waals surface area contributed by atoms with Gasteiger partial charge in [-0.3, -0.25) is 0 Å². The molecule has 0 spiro atoms. The zero-order chi connectivity index (χ0) is 13.5. The van der Waals surface area contributed by atoms with E-state index in [1.54, 1.807) is 4.68 Å². The molecule has 0 aliphatic rings. The number of hydrogen-bond donors (Lipinski definition) is 0. The smallest absolute Gasteiger partial charge is 0.183 e. The molecule has 0 bridgehead atoms. The van der Waals surface area contributed by atoms with Gasteiger partial charge in [0.25, 0.3) is 0 Å². The van der Waals surface area contributed by atoms with E-state index in [0.717, 1.165) is 16.7 Å². The molecule has 96 valence electrons. The summed E-state index contributed by atoms with van der Waals surface area (Å²) in [6, 6.07) is 17.5. The Morgan fingerprint density at radius 2 is 1.45 bits per heavy atom. The third-order valence-corrected chi connectivity index (χ3v) is 3.39. The van der Waals surface area contributed by atoms with Gasteiger partial charge in [0.2, 0.25) is 0 Å². The predicted octanol–water partition coefficient (Wildman–Crippen LogP) is 3.62. The Balaban J connectivity index is 2.10. The standard InChI is InChI=1S/C15H9ClN4/c16-14-13-15(18-12-9-5-4-8-11(12)17-13)20(19-14)10-6-2-1-3-7-10/h1-9H. The maximum absolute atomic E-state index is 6.19. The molecular formula is C15H9ClN4. The molecule has 0 atom stereocenters. The summed E-state index contributed by atoms with van der Waals surface area (Å²) in [4.78, 5) is 9.17. The Bertz CT molecular complexity index is 915. The average molecular weight is 281 g/mol. The number of nitrogens with zero attached hydrogens (tertiary/aromatic N) is 4. The highest BCUT2D eigenvalue weighted by Crippen LogP contribution is 2.24. The summed E-state index contributed by atoms with van der Waals surface area (Å²) in [5.41, 5.74) is 3.84. The Morgan fingerprint density at radius 3 is 2.20 bits per heavy atom. The van der Waals surface area contributed by atoms with Crippen LogP contribution in [0.2, 0.25) is 5.15 Å². The van der Waals surface area contributed by atoms with Crippen molar-refractivity contribution in [1.82, 2.24) is 19.7 Å². The first-order valence-electron chi connectivity index (χ1n) is 6.19. The minimum atomic E-state index is 0.363. The van der Waals surface area contributed by atoms with Crippen LogP contribution in [0, 0.1) is 0 Å². The van der Waals surface area contributed by atoms with Gasteiger partial charge in [0, 0.05) is 0 Å². The second-order valence-electron chi connectivity index (χ2n) is 4.42. The maximum Gasteiger partial charge on any atom is 0.183 e. The van der Waals surface area contributed by atoms with Crippen LogP contribution >= 0.6 is 11.6 Å². The molecule has 4 nitrogen and oxygen atoms in total. The molecule has 4 aromatic rings. The molecule has 4 rings (SSSR count). The van der Waals surface area contributed by atoms with E-state index in [1.165, 1.54) is 0 Å². The maximum atomic E-state index is 6.19. The molecule has 2 heterocycles. The Labute approximate surface area is 119 Å². The predicted molar refractivity (Wildman–Crippen MR) is 79.2 cm³/mol. The highest BCUT2D eigenvalue weighted by Gasteiger charge is 2.14. The number of aromatic nitrogens is 4. The van der Waals surface area contributed by atoms with Crippen molar-refractivity contribution in [3.8, 4) is 5.69 Å². The van der Waals surface area contributed by atoms with Gasteiger partial charge in [0.05, 0.1) is 16.7 Å². The lowest BCUT2D eigenvalue weighted by molar-refractivity contribution is 0.899. The van der Waals surface area contributed by atoms with E-state index >= 15 is 0 Å². The van der Waals surface area contributed by atoms with E-state index in [1.807, 2.05) is 54.6 Å². The van der Waals surface area contributed by atoms with Gasteiger partial charge in [-0.25, -0.2) is 14.6 Å². The minimum Gasteiger partial charge on any atom is -0.239 e. The van der Waals surface area contributed by atoms with Crippen molar-refractivity contribution in [1.29, 1.82) is 0 Å². The van der Waals surface area contributed by atoms with Crippen LogP contribution in [0.25, 0.3) is 27.9 Å². The Kier molecular flexibility index (Phi) is 2.44. The summed E-state index contributed by atoms with van der Waals surface area (Å²) >= 11 is 6.19. The summed E-state index contributed by atoms with van der Waals surface area (Å²) in [5, 5.41) is 4.70. The molecule has 0 fully saturated rings. The third-order valence-electron chi connectivity index (χ3n) is 3.14. The molecule has 0 N–H and O–H groups in total. The summed E-state index contributed by atoms with van der Waals surface area (Å²) in [7, 11) is 0. The van der Waals surface area contributed by atoms with Crippen molar-refractivity contribution in [3.63, 3.8) is 0 Å². The SMILES string of the molecule is Clc1nn(-c2ccccc2)c2nc3ccccc3nc12. The van der Waals surface area contributed by atoms with Crippen molar-refractivity contribution in [3.05, 3.63) is 59.8 Å². The van der Waals surface area contributed by atoms with Gasteiger partial charge in [0.15, 0.2) is 10.8 Å². The number of fused-ring (bicyclic) bond motifs is 2. The van der Waals surface area contributed by atoms with Gasteiger partial charge in [-0.2, -0.15) is 5.10 Å². The van der Waals surface area contributed by atoms with Crippen LogP contribution in [0.15, 0.2) is 54.6 Å². The molecule has 2 aromatic carbocycles. The van der Waals surface area contributed by atoms with Gasteiger partial charge in [-0.15, -0.1) is 0 Å². The Morgan fingerprint density at radius 1 is 0.800 bits per heavy atom. The first-order chi connectivity index (χ1) is 9.83. The van der Waals surface area contributed by atoms with Crippen molar-refractivity contribution in [2.75, 3.05) is 0 Å². The second-order valence-corrected chi connectivity index (χ2v) is 4.78. The largest absolute Gasteiger partial charge is 0.239 e. The van der Waals surface area contributed by atoms with Gasteiger partial charge >= 0.3 is 0 Å². The molecule has 0 aliphatic heterocycles. The van der Waals surface area contributed by atoms with Crippen LogP contribution in [0.5, 0.6) is 0 Å². The van der Waals surface area contributed by atoms with Crippen LogP contribution < -0.4 is 0 Å². The number of para-hydroxylation sites is 3. The van der Waals surface area contributed by atoms with Crippen LogP contribution in [-0.4, -0.2) is 19.7 Å². The van der Waals surface area contributed by atoms with Crippen LogP contribution in [-0.2, 0) is 0 Å². The monoisotopic (exact) mass is 280 g/mol. The third kappa shape index (κ3) is 1.66. The molecule has 0 saturated heterocycles. The second kappa shape index (κ2) is 4.28. The highest BCUT2D eigenvalue weighted by molar-refractivity contribution is 6.33. The lowest BCUT2D eigenvalue weighted by Crippen LogP contribution is -1.97. The van der Waals surface area contributed by atoms with Crippen LogP contribution in [0.1, 0.15) is 0 Å². The molecule has 20 heavy (non-hydrogen) atoms. The first-order valence-corrected chi connectivity index (χ1v) is 6.57. The fourth-order valence-electron chi connectivity index (χ4n) is 2.21. The van der Waals surface area contributed by atoms with E-state index in [9.17, 15) is 0 Å². The summed E-state index contributed by atoms with van der Waals surface area (Å²) in [6.07, 6.45) is 0. The summed E-state index contributed by atoms with van der Waals surface area (Å²) < 4.78 is 1.72. The average Bonchev–Trinajstić information content (AvgIpc) is 2.83. The van der Waals surface area contributed by atoms with Crippen molar-refractivity contribution in [2.24, 2.45) is 0 Å². The number of halogens is 1. The van der Waals surface area contributed by atoms with Crippen LogP contribution in [0.3, 0.4) is 0 Å². The molecular weight excluding hydrogens is 272 g/mol. The van der Waals surface area contributed by atoms with Gasteiger partial charge < -0.3 is 0 Å². The molecule has 0 amide bonds. The van der Waals surface area contributed by atoms with Crippen molar-refractivity contribution in [2.45, 2.75) is 0 Å². The van der Waals surface area contributed by atoms with Crippen molar-refractivity contribution >= 4 is 33.8 Å². The fraction of sp³-hybridized carbons (Fsp3) is 0. The zero-order valence-corrected chi connectivity index (χ0v) is 11.1. The lowest BCUT2D eigenvalue weighted by Gasteiger charge is -2.02. The molecule has 5 heteroatoms. The number of benzene rings is 2. The molecule has 0 aliphatic carbocycles. The number of hydrogen-bond acceptors (Lipinski definition) is 3. The van der Waals surface area contributed by atoms with E-state index in [4.69, 9.17) is 11.6 Å². The topological polar surface area (TPSA) is 43.6 Å². The molecule has 0 unspecified atom stereocenters. The molecule has 0 radical (unpaired) electrons. The normalized spacial score (nSPS) is 11.2. The molecule has 0 saturated carbocycles. The summed E-state index contributed by atoms with van der Waals surface area (Å²) in [5.74, 6) is 0. The number of rotatable bonds is 1. The highest BCUT2D eigenvalue weighted by atomic mass is 35.5. The fourth-order valence-corrected chi connectivity index (χ4v) is 2.41. The Hall–Kier alpha value is -2.46. The van der Waals surface area contributed by atoms with E-state index in [0.29, 0.717) is 16.3 Å². The first kappa shape index (κ1) is 11.4. The van der Waals surface area contributed by atoms with Crippen molar-refractivity contribution < 1.29 is 0 Å². The van der Waals surface area contributed by atoms with E-state index in [-0.39, 0.29) is 0 Å². The zero-order valence-electron chi connectivity index (χ0n) is 10.4. The minimum absolute atomic E-state index is 0.363. The van der Waals surface area contributed by atoms with Crippen LogP contribution in [0.4, 0.5) is 0 Å². The van der Waals surface area contributed by atoms with Gasteiger partial charge in [-0.05, 0) is 24.3 Å². The molecule has 2 aromatic heterocycles. The van der Waals surface area contributed by atoms with E-state index < -0.39 is 0 Å². The summed E-state index contributed by atoms with van der Waals surface area (Å²) in [6.45, 7) is 0. The van der Waals surface area contributed by atoms with E-state index in [2.05, 4.69) is 15.1 Å². The lowest BCUT2D eigenvalue weighted by atomic mass is 10.3. The van der Waals surface area contributed by atoms with Gasteiger partial charge in [-0.1, -0.05) is 41.9 Å².